The van der Waals surface area contributed by atoms with Gasteiger partial charge in [0.05, 0.1) is 11.4 Å². The molecule has 0 spiro atoms. The van der Waals surface area contributed by atoms with Crippen molar-refractivity contribution in [1.82, 2.24) is 4.98 Å². The first-order valence-electron chi connectivity index (χ1n) is 6.50. The van der Waals surface area contributed by atoms with Crippen LogP contribution in [0, 0.1) is 6.92 Å². The highest BCUT2D eigenvalue weighted by atomic mass is 16.4. The molecule has 0 bridgehead atoms. The summed E-state index contributed by atoms with van der Waals surface area (Å²) < 4.78 is 5.64. The number of rotatable bonds is 3. The predicted octanol–water partition coefficient (Wildman–Crippen LogP) is 1.43. The van der Waals surface area contributed by atoms with E-state index in [1.54, 1.807) is 12.1 Å². The molecule has 1 aromatic carbocycles. The molecule has 2 rings (SSSR count). The smallest absolute Gasteiger partial charge is 0.226 e. The molecule has 6 N–H and O–H groups in total. The molecule has 2 aromatic rings. The molecule has 110 valence electrons. The molecule has 0 saturated heterocycles. The first kappa shape index (κ1) is 14.6. The molecule has 0 fully saturated rings. The standard InChI is InChI=1S/C14H18N6O/c1-3-11-8(2)21-12(19-11)9-4-6-10(7-5-9)18-14(17)20-13(15)16/h4-7H,3H2,1-2H3,(H6,15,16,17,18,20). The van der Waals surface area contributed by atoms with Gasteiger partial charge in [0.1, 0.15) is 5.76 Å². The second kappa shape index (κ2) is 6.08. The Morgan fingerprint density at radius 1 is 1.19 bits per heavy atom. The van der Waals surface area contributed by atoms with Gasteiger partial charge in [0.15, 0.2) is 5.96 Å². The van der Waals surface area contributed by atoms with Crippen LogP contribution in [0.5, 0.6) is 0 Å². The highest BCUT2D eigenvalue weighted by Gasteiger charge is 2.09. The molecule has 1 aromatic heterocycles. The Morgan fingerprint density at radius 2 is 1.86 bits per heavy atom. The van der Waals surface area contributed by atoms with Crippen molar-refractivity contribution >= 4 is 17.6 Å². The summed E-state index contributed by atoms with van der Waals surface area (Å²) in [6.07, 6.45) is 0.840. The number of hydrogen-bond acceptors (Lipinski definition) is 3. The molecule has 0 unspecified atom stereocenters. The van der Waals surface area contributed by atoms with E-state index in [4.69, 9.17) is 21.6 Å². The number of nitrogens with zero attached hydrogens (tertiary/aromatic N) is 3. The molecule has 1 heterocycles. The topological polar surface area (TPSA) is 129 Å². The van der Waals surface area contributed by atoms with Crippen LogP contribution in [0.25, 0.3) is 11.5 Å². The number of nitrogens with two attached hydrogens (primary N) is 3. The third-order valence-corrected chi connectivity index (χ3v) is 2.83. The van der Waals surface area contributed by atoms with Gasteiger partial charge in [-0.2, -0.15) is 4.99 Å². The molecular weight excluding hydrogens is 268 g/mol. The van der Waals surface area contributed by atoms with E-state index in [1.807, 2.05) is 26.0 Å². The largest absolute Gasteiger partial charge is 0.441 e. The SMILES string of the molecule is CCc1nc(-c2ccc(N=C(N)N=C(N)N)cc2)oc1C. The summed E-state index contributed by atoms with van der Waals surface area (Å²) in [6.45, 7) is 3.95. The van der Waals surface area contributed by atoms with Crippen molar-refractivity contribution < 1.29 is 4.42 Å². The molecule has 0 amide bonds. The Bertz CT molecular complexity index is 680. The summed E-state index contributed by atoms with van der Waals surface area (Å²) in [5.41, 5.74) is 18.5. The van der Waals surface area contributed by atoms with Crippen LogP contribution in [0.2, 0.25) is 0 Å². The van der Waals surface area contributed by atoms with Gasteiger partial charge in [-0.3, -0.25) is 0 Å². The average molecular weight is 286 g/mol. The molecule has 21 heavy (non-hydrogen) atoms. The maximum atomic E-state index is 5.64. The molecule has 0 radical (unpaired) electrons. The molecular formula is C14H18N6O. The third-order valence-electron chi connectivity index (χ3n) is 2.83. The first-order valence-corrected chi connectivity index (χ1v) is 6.50. The van der Waals surface area contributed by atoms with Gasteiger partial charge < -0.3 is 21.6 Å². The summed E-state index contributed by atoms with van der Waals surface area (Å²) >= 11 is 0. The van der Waals surface area contributed by atoms with E-state index in [0.29, 0.717) is 11.6 Å². The van der Waals surface area contributed by atoms with Crippen LogP contribution < -0.4 is 17.2 Å². The number of aromatic nitrogens is 1. The van der Waals surface area contributed by atoms with Crippen molar-refractivity contribution in [1.29, 1.82) is 0 Å². The maximum absolute atomic E-state index is 5.64. The molecule has 7 heteroatoms. The van der Waals surface area contributed by atoms with Crippen LogP contribution in [-0.2, 0) is 6.42 Å². The first-order chi connectivity index (χ1) is 9.99. The van der Waals surface area contributed by atoms with Crippen LogP contribution >= 0.6 is 0 Å². The van der Waals surface area contributed by atoms with E-state index in [0.717, 1.165) is 23.4 Å². The van der Waals surface area contributed by atoms with Crippen molar-refractivity contribution in [2.45, 2.75) is 20.3 Å². The normalized spacial score (nSPS) is 11.4. The highest BCUT2D eigenvalue weighted by molar-refractivity contribution is 5.93. The Labute approximate surface area is 122 Å². The van der Waals surface area contributed by atoms with Gasteiger partial charge >= 0.3 is 0 Å². The summed E-state index contributed by atoms with van der Waals surface area (Å²) in [5, 5.41) is 0. The Hall–Kier alpha value is -2.83. The number of oxazole rings is 1. The lowest BCUT2D eigenvalue weighted by Crippen LogP contribution is -2.26. The fourth-order valence-corrected chi connectivity index (χ4v) is 1.85. The van der Waals surface area contributed by atoms with Crippen molar-refractivity contribution in [3.8, 4) is 11.5 Å². The lowest BCUT2D eigenvalue weighted by Gasteiger charge is -1.98. The quantitative estimate of drug-likeness (QED) is 0.580. The van der Waals surface area contributed by atoms with E-state index >= 15 is 0 Å². The van der Waals surface area contributed by atoms with Gasteiger partial charge in [0.2, 0.25) is 11.9 Å². The summed E-state index contributed by atoms with van der Waals surface area (Å²) in [7, 11) is 0. The van der Waals surface area contributed by atoms with Crippen LogP contribution in [-0.4, -0.2) is 16.9 Å². The molecule has 0 saturated carbocycles. The minimum absolute atomic E-state index is 0.00277. The van der Waals surface area contributed by atoms with Crippen molar-refractivity contribution in [2.24, 2.45) is 27.2 Å². The van der Waals surface area contributed by atoms with Crippen LogP contribution in [0.15, 0.2) is 38.7 Å². The molecule has 0 aliphatic rings. The monoisotopic (exact) mass is 286 g/mol. The minimum Gasteiger partial charge on any atom is -0.441 e. The van der Waals surface area contributed by atoms with Gasteiger partial charge in [-0.15, -0.1) is 0 Å². The van der Waals surface area contributed by atoms with E-state index in [2.05, 4.69) is 15.0 Å². The Kier molecular flexibility index (Phi) is 4.22. The molecule has 0 aliphatic carbocycles. The summed E-state index contributed by atoms with van der Waals surface area (Å²) in [4.78, 5) is 12.2. The van der Waals surface area contributed by atoms with E-state index < -0.39 is 0 Å². The minimum atomic E-state index is -0.129. The second-order valence-corrected chi connectivity index (χ2v) is 4.43. The number of aryl methyl sites for hydroxylation is 2. The average Bonchev–Trinajstić information content (AvgIpc) is 2.80. The van der Waals surface area contributed by atoms with Crippen LogP contribution in [0.3, 0.4) is 0 Å². The van der Waals surface area contributed by atoms with Gasteiger partial charge in [-0.05, 0) is 37.6 Å². The molecule has 7 nitrogen and oxygen atoms in total. The number of aliphatic imine (C=N–C) groups is 2. The van der Waals surface area contributed by atoms with Gasteiger partial charge in [0, 0.05) is 5.56 Å². The fraction of sp³-hybridized carbons (Fsp3) is 0.214. The lowest BCUT2D eigenvalue weighted by molar-refractivity contribution is 0.539. The van der Waals surface area contributed by atoms with Crippen molar-refractivity contribution in [2.75, 3.05) is 0 Å². The van der Waals surface area contributed by atoms with Crippen LogP contribution in [0.1, 0.15) is 18.4 Å². The van der Waals surface area contributed by atoms with E-state index in [-0.39, 0.29) is 11.9 Å². The highest BCUT2D eigenvalue weighted by Crippen LogP contribution is 2.24. The van der Waals surface area contributed by atoms with E-state index in [1.165, 1.54) is 0 Å². The lowest BCUT2D eigenvalue weighted by atomic mass is 10.2. The molecule has 0 atom stereocenters. The van der Waals surface area contributed by atoms with Gasteiger partial charge in [-0.25, -0.2) is 9.98 Å². The fourth-order valence-electron chi connectivity index (χ4n) is 1.85. The van der Waals surface area contributed by atoms with Gasteiger partial charge in [0.25, 0.3) is 0 Å². The van der Waals surface area contributed by atoms with E-state index in [9.17, 15) is 0 Å². The molecule has 0 aliphatic heterocycles. The van der Waals surface area contributed by atoms with Crippen molar-refractivity contribution in [3.05, 3.63) is 35.7 Å². The maximum Gasteiger partial charge on any atom is 0.226 e. The predicted molar refractivity (Wildman–Crippen MR) is 83.1 cm³/mol. The summed E-state index contributed by atoms with van der Waals surface area (Å²) in [5.74, 6) is 1.31. The Morgan fingerprint density at radius 3 is 2.38 bits per heavy atom. The number of benzene rings is 1. The zero-order valence-corrected chi connectivity index (χ0v) is 12.0. The summed E-state index contributed by atoms with van der Waals surface area (Å²) in [6, 6.07) is 7.28. The van der Waals surface area contributed by atoms with Crippen molar-refractivity contribution in [3.63, 3.8) is 0 Å². The number of hydrogen-bond donors (Lipinski definition) is 3. The van der Waals surface area contributed by atoms with Crippen LogP contribution in [0.4, 0.5) is 5.69 Å². The third kappa shape index (κ3) is 3.59. The van der Waals surface area contributed by atoms with Gasteiger partial charge in [-0.1, -0.05) is 6.92 Å². The number of guanidine groups is 2. The Balaban J connectivity index is 2.24. The zero-order valence-electron chi connectivity index (χ0n) is 12.0. The second-order valence-electron chi connectivity index (χ2n) is 4.43. The zero-order chi connectivity index (χ0) is 15.4.